The quantitative estimate of drug-likeness (QED) is 0.0272. The first-order chi connectivity index (χ1) is 33.7. The van der Waals surface area contributed by atoms with Gasteiger partial charge in [-0.05, 0) is 0 Å². The van der Waals surface area contributed by atoms with Crippen molar-refractivity contribution in [1.29, 1.82) is 0 Å². The first-order valence-corrected chi connectivity index (χ1v) is 26.2. The Balaban J connectivity index is 0.930. The van der Waals surface area contributed by atoms with Gasteiger partial charge in [0.25, 0.3) is 16.7 Å². The van der Waals surface area contributed by atoms with Crippen molar-refractivity contribution in [2.75, 3.05) is 38.4 Å². The molecule has 0 radical (unpaired) electrons. The molecule has 3 saturated heterocycles. The zero-order valence-electron chi connectivity index (χ0n) is 36.5. The van der Waals surface area contributed by atoms with E-state index in [0.717, 1.165) is 41.2 Å². The number of phosphoric ester groups is 3. The number of aliphatic hydroxyl groups excluding tert-OH is 4. The second-order valence-electron chi connectivity index (χ2n) is 15.7. The number of H-pyrrole nitrogens is 2. The third-order valence-electron chi connectivity index (χ3n) is 11.0. The lowest BCUT2D eigenvalue weighted by Gasteiger charge is -2.26. The number of aliphatic hydroxyl groups is 4. The number of fused-ring (bicyclic) bond motifs is 2. The van der Waals surface area contributed by atoms with Crippen molar-refractivity contribution >= 4 is 65.4 Å². The molecular weight excluding hydrogens is 1060 g/mol. The first kappa shape index (κ1) is 53.7. The highest BCUT2D eigenvalue weighted by Crippen LogP contribution is 2.68. The molecule has 5 aromatic heterocycles. The Bertz CT molecular complexity index is 3230. The molecule has 0 bridgehead atoms. The Morgan fingerprint density at radius 2 is 1.28 bits per heavy atom. The molecule has 5 aromatic rings. The van der Waals surface area contributed by atoms with Gasteiger partial charge in [-0.25, -0.2) is 42.6 Å². The second kappa shape index (κ2) is 20.2. The van der Waals surface area contributed by atoms with Gasteiger partial charge in [-0.2, -0.15) is 18.2 Å². The highest BCUT2D eigenvalue weighted by Gasteiger charge is 2.54. The summed E-state index contributed by atoms with van der Waals surface area (Å²) in [5.74, 6) is -0.406. The summed E-state index contributed by atoms with van der Waals surface area (Å²) in [6, 6.07) is 0.920. The van der Waals surface area contributed by atoms with E-state index in [4.69, 9.17) is 44.0 Å². The molecule has 41 heteroatoms. The summed E-state index contributed by atoms with van der Waals surface area (Å²) in [4.78, 5) is 98.6. The van der Waals surface area contributed by atoms with Gasteiger partial charge in [-0.3, -0.25) is 46.8 Å². The molecule has 8 rings (SSSR count). The number of phosphoric acid groups is 4. The van der Waals surface area contributed by atoms with Crippen LogP contribution in [0.5, 0.6) is 0 Å². The Morgan fingerprint density at radius 1 is 0.708 bits per heavy atom. The third kappa shape index (κ3) is 11.1. The maximum Gasteiger partial charge on any atom is 0.490 e. The number of rotatable bonds is 19. The van der Waals surface area contributed by atoms with E-state index >= 15 is 0 Å². The number of aromatic nitrogens is 10. The summed E-state index contributed by atoms with van der Waals surface area (Å²) in [5.41, 5.74) is 8.98. The number of hydrogen-bond acceptors (Lipinski definition) is 27. The van der Waals surface area contributed by atoms with Crippen molar-refractivity contribution in [3.05, 3.63) is 62.4 Å². The number of methoxy groups -OCH3 is 1. The molecule has 3 aliphatic heterocycles. The molecule has 3 fully saturated rings. The summed E-state index contributed by atoms with van der Waals surface area (Å²) in [5, 5.41) is 42.6. The molecule has 8 heterocycles. The zero-order valence-corrected chi connectivity index (χ0v) is 40.1. The predicted octanol–water partition coefficient (Wildman–Crippen LogP) is -4.88. The molecule has 396 valence electrons. The molecule has 3 aliphatic rings. The number of ether oxygens (including phenoxy) is 4. The van der Waals surface area contributed by atoms with Crippen LogP contribution in [0.3, 0.4) is 0 Å². The largest absolute Gasteiger partial charge is 0.490 e. The van der Waals surface area contributed by atoms with Gasteiger partial charge in [-0.1, -0.05) is 0 Å². The normalized spacial score (nSPS) is 31.1. The minimum atomic E-state index is -6.20. The van der Waals surface area contributed by atoms with E-state index in [2.05, 4.69) is 38.1 Å². The van der Waals surface area contributed by atoms with Crippen LogP contribution in [0.2, 0.25) is 0 Å². The van der Waals surface area contributed by atoms with E-state index in [-0.39, 0.29) is 34.1 Å². The molecule has 0 saturated carbocycles. The molecule has 0 aromatic carbocycles. The number of anilines is 2. The Kier molecular flexibility index (Phi) is 15.1. The fraction of sp³-hybridized carbons (Fsp3) is 0.548. The van der Waals surface area contributed by atoms with Crippen molar-refractivity contribution in [2.24, 2.45) is 7.05 Å². The van der Waals surface area contributed by atoms with Crippen LogP contribution in [-0.2, 0) is 71.0 Å². The zero-order chi connectivity index (χ0) is 52.4. The fourth-order valence-electron chi connectivity index (χ4n) is 7.79. The van der Waals surface area contributed by atoms with Crippen molar-refractivity contribution in [3.8, 4) is 0 Å². The van der Waals surface area contributed by atoms with Crippen LogP contribution in [0.4, 0.5) is 11.8 Å². The number of hydrogen-bond donors (Lipinski definition) is 12. The fourth-order valence-corrected chi connectivity index (χ4v) is 12.3. The average molecular weight is 1110 g/mol. The van der Waals surface area contributed by atoms with E-state index in [9.17, 15) is 72.6 Å². The predicted molar refractivity (Wildman–Crippen MR) is 228 cm³/mol. The maximum absolute atomic E-state index is 13.5. The lowest BCUT2D eigenvalue weighted by Crippen LogP contribution is -2.38. The number of imidazole rings is 2. The molecule has 16 unspecified atom stereocenters. The summed E-state index contributed by atoms with van der Waals surface area (Å²) < 4.78 is 108. The van der Waals surface area contributed by atoms with Gasteiger partial charge in [0.1, 0.15) is 66.8 Å². The van der Waals surface area contributed by atoms with Gasteiger partial charge in [-0.15, -0.1) is 0 Å². The van der Waals surface area contributed by atoms with Crippen LogP contribution in [0.1, 0.15) is 18.7 Å². The molecule has 14 N–H and O–H groups in total. The van der Waals surface area contributed by atoms with E-state index in [0.29, 0.717) is 0 Å². The van der Waals surface area contributed by atoms with Crippen LogP contribution < -0.4 is 32.8 Å². The molecule has 72 heavy (non-hydrogen) atoms. The average Bonchev–Trinajstić information content (AvgIpc) is 4.07. The minimum absolute atomic E-state index is 0.0000232. The molecule has 0 aliphatic carbocycles. The summed E-state index contributed by atoms with van der Waals surface area (Å²) in [6.45, 7) is -3.44. The van der Waals surface area contributed by atoms with E-state index in [1.807, 2.05) is 4.98 Å². The van der Waals surface area contributed by atoms with Crippen molar-refractivity contribution < 1.29 is 108 Å². The van der Waals surface area contributed by atoms with Gasteiger partial charge in [0.05, 0.1) is 33.2 Å². The van der Waals surface area contributed by atoms with Crippen LogP contribution in [0, 0.1) is 0 Å². The minimum Gasteiger partial charge on any atom is -0.387 e. The number of nitrogens with two attached hydrogens (primary N) is 2. The van der Waals surface area contributed by atoms with Gasteiger partial charge < -0.3 is 70.4 Å². The molecule has 0 spiro atoms. The van der Waals surface area contributed by atoms with Gasteiger partial charge in [0.2, 0.25) is 18.5 Å². The summed E-state index contributed by atoms with van der Waals surface area (Å²) >= 11 is 0. The van der Waals surface area contributed by atoms with Gasteiger partial charge in [0, 0.05) is 19.4 Å². The highest BCUT2D eigenvalue weighted by molar-refractivity contribution is 7.66. The molecule has 0 amide bonds. The molecular formula is C31H43N12O25P4+. The number of aromatic amines is 2. The van der Waals surface area contributed by atoms with Crippen LogP contribution in [0.15, 0.2) is 45.6 Å². The Labute approximate surface area is 398 Å². The van der Waals surface area contributed by atoms with Crippen molar-refractivity contribution in [1.82, 2.24) is 43.6 Å². The van der Waals surface area contributed by atoms with Crippen LogP contribution in [-0.4, -0.2) is 165 Å². The van der Waals surface area contributed by atoms with Crippen molar-refractivity contribution in [3.63, 3.8) is 0 Å². The lowest BCUT2D eigenvalue weighted by molar-refractivity contribution is -0.646. The maximum atomic E-state index is 13.5. The molecule has 37 nitrogen and oxygen atoms in total. The van der Waals surface area contributed by atoms with E-state index in [1.54, 1.807) is 0 Å². The topological polar surface area (TPSA) is 527 Å². The number of nitrogens with zero attached hydrogens (tertiary/aromatic N) is 8. The number of nitrogen functional groups attached to an aromatic ring is 2. The molecule has 16 atom stereocenters. The van der Waals surface area contributed by atoms with E-state index in [1.165, 1.54) is 22.5 Å². The first-order valence-electron chi connectivity index (χ1n) is 20.3. The number of nitrogens with one attached hydrogen (secondary N) is 2. The van der Waals surface area contributed by atoms with Gasteiger partial charge >= 0.3 is 42.5 Å². The summed E-state index contributed by atoms with van der Waals surface area (Å²) in [7, 11) is -20.9. The Morgan fingerprint density at radius 3 is 1.88 bits per heavy atom. The second-order valence-corrected chi connectivity index (χ2v) is 21.8. The summed E-state index contributed by atoms with van der Waals surface area (Å²) in [6.07, 6.45) is -16.2. The Hall–Kier alpha value is -4.62. The smallest absolute Gasteiger partial charge is 0.387 e. The monoisotopic (exact) mass is 1110 g/mol. The standard InChI is InChI=1S/C31H42N12O25P4/c1-40-10-43(25-16(40)26(49)39-30(33)38-25)28-20(48)18(46)12(64-28)6-61-70(53,54)67-72(57,58)68-71(55,56)62-7-13-21(22(59-2)29(65-13)42-9-36-15-23(32)34-8-35-24(15)42)66-69(51,52)60-5-11-17(45)19(47)27(63-11)41-4-3-14(44)37-31(41)50/h3-4,8-13,17-22,27-29,45-48H,5-7H2,1-2H3,(H9-,32,33,34,35,37,38,39,44,49,50,51,52,53,54,55,56,57,58)/p+1. The van der Waals surface area contributed by atoms with Gasteiger partial charge in [0.15, 0.2) is 23.9 Å². The SMILES string of the molecule is COC1C(OP(=O)(O)OCC2OC(n3ccc(=O)[nH]c3=O)C(O)C2O)C(COP(=O)(O)OP(=O)(O)OP(=O)(O)OCC2OC(n3c[n+](C)c4c(=O)[nH]c(N)nc43)C(O)C2O)OC1n1cnc2c(N)ncnc21. The van der Waals surface area contributed by atoms with E-state index < -0.39 is 142 Å². The highest BCUT2D eigenvalue weighted by atomic mass is 31.3. The third-order valence-corrected chi connectivity index (χ3v) is 16.2. The van der Waals surface area contributed by atoms with Crippen LogP contribution in [0.25, 0.3) is 22.3 Å². The number of aryl methyl sites for hydroxylation is 1. The lowest BCUT2D eigenvalue weighted by atomic mass is 10.1. The van der Waals surface area contributed by atoms with Crippen molar-refractivity contribution in [2.45, 2.75) is 73.6 Å². The van der Waals surface area contributed by atoms with Crippen LogP contribution >= 0.6 is 31.3 Å².